The number of aliphatic hydroxyl groups excluding tert-OH is 1. The van der Waals surface area contributed by atoms with Crippen LogP contribution in [-0.4, -0.2) is 34.6 Å². The largest absolute Gasteiger partial charge is 0.396 e. The van der Waals surface area contributed by atoms with Gasteiger partial charge in [-0.3, -0.25) is 4.79 Å². The van der Waals surface area contributed by atoms with Crippen LogP contribution in [0.5, 0.6) is 0 Å². The van der Waals surface area contributed by atoms with Gasteiger partial charge in [-0.1, -0.05) is 0 Å². The van der Waals surface area contributed by atoms with Gasteiger partial charge in [0.25, 0.3) is 5.56 Å². The molecule has 0 spiro atoms. The van der Waals surface area contributed by atoms with Crippen LogP contribution in [0.15, 0.2) is 17.1 Å². The summed E-state index contributed by atoms with van der Waals surface area (Å²) in [5, 5.41) is 13.0. The molecule has 0 saturated carbocycles. The molecule has 106 valence electrons. The van der Waals surface area contributed by atoms with E-state index in [0.717, 1.165) is 38.0 Å². The molecule has 1 saturated heterocycles. The summed E-state index contributed by atoms with van der Waals surface area (Å²) in [6.45, 7) is 2.92. The zero-order chi connectivity index (χ0) is 13.5. The molecule has 0 bridgehead atoms. The van der Waals surface area contributed by atoms with Crippen LogP contribution in [-0.2, 0) is 6.54 Å². The molecule has 0 aromatic carbocycles. The van der Waals surface area contributed by atoms with Crippen LogP contribution >= 0.6 is 0 Å². The van der Waals surface area contributed by atoms with Gasteiger partial charge in [-0.2, -0.15) is 5.10 Å². The third-order valence-electron chi connectivity index (χ3n) is 3.60. The highest BCUT2D eigenvalue weighted by atomic mass is 16.2. The fourth-order valence-corrected chi connectivity index (χ4v) is 2.47. The van der Waals surface area contributed by atoms with E-state index in [1.165, 1.54) is 23.9 Å². The average Bonchev–Trinajstić information content (AvgIpc) is 2.46. The van der Waals surface area contributed by atoms with Crippen molar-refractivity contribution in [2.75, 3.05) is 24.6 Å². The highest BCUT2D eigenvalue weighted by Gasteiger charge is 2.12. The summed E-state index contributed by atoms with van der Waals surface area (Å²) in [7, 11) is 0. The first kappa shape index (κ1) is 14.1. The lowest BCUT2D eigenvalue weighted by atomic mass is 10.1. The highest BCUT2D eigenvalue weighted by molar-refractivity contribution is 5.43. The third kappa shape index (κ3) is 4.06. The van der Waals surface area contributed by atoms with Crippen molar-refractivity contribution in [2.45, 2.75) is 45.1 Å². The summed E-state index contributed by atoms with van der Waals surface area (Å²) in [6.07, 6.45) is 8.09. The molecule has 1 aromatic rings. The Morgan fingerprint density at radius 3 is 2.63 bits per heavy atom. The summed E-state index contributed by atoms with van der Waals surface area (Å²) in [5.74, 6) is 0. The number of aliphatic hydroxyl groups is 1. The minimum Gasteiger partial charge on any atom is -0.396 e. The van der Waals surface area contributed by atoms with Crippen molar-refractivity contribution < 1.29 is 5.11 Å². The van der Waals surface area contributed by atoms with E-state index in [-0.39, 0.29) is 12.2 Å². The maximum atomic E-state index is 12.0. The third-order valence-corrected chi connectivity index (χ3v) is 3.60. The fraction of sp³-hybridized carbons (Fsp3) is 0.714. The lowest BCUT2D eigenvalue weighted by Crippen LogP contribution is -2.32. The topological polar surface area (TPSA) is 58.4 Å². The Balaban J connectivity index is 1.94. The first-order valence-electron chi connectivity index (χ1n) is 7.24. The van der Waals surface area contributed by atoms with Gasteiger partial charge in [0, 0.05) is 32.3 Å². The van der Waals surface area contributed by atoms with Crippen LogP contribution in [0.1, 0.15) is 38.5 Å². The number of anilines is 1. The van der Waals surface area contributed by atoms with E-state index in [4.69, 9.17) is 5.11 Å². The van der Waals surface area contributed by atoms with Gasteiger partial charge in [-0.15, -0.1) is 0 Å². The van der Waals surface area contributed by atoms with Crippen LogP contribution in [0.25, 0.3) is 0 Å². The van der Waals surface area contributed by atoms with E-state index in [1.54, 1.807) is 12.3 Å². The molecular weight excluding hydrogens is 242 g/mol. The van der Waals surface area contributed by atoms with Crippen molar-refractivity contribution in [3.05, 3.63) is 22.6 Å². The average molecular weight is 265 g/mol. The fourth-order valence-electron chi connectivity index (χ4n) is 2.47. The van der Waals surface area contributed by atoms with E-state index in [1.807, 2.05) is 0 Å². The summed E-state index contributed by atoms with van der Waals surface area (Å²) >= 11 is 0. The van der Waals surface area contributed by atoms with Crippen molar-refractivity contribution in [1.29, 1.82) is 0 Å². The zero-order valence-electron chi connectivity index (χ0n) is 11.4. The SMILES string of the molecule is O=c1cc(N2CCCCC2)cnn1CCCCCO. The van der Waals surface area contributed by atoms with E-state index in [0.29, 0.717) is 6.54 Å². The molecule has 19 heavy (non-hydrogen) atoms. The van der Waals surface area contributed by atoms with Crippen molar-refractivity contribution in [3.63, 3.8) is 0 Å². The lowest BCUT2D eigenvalue weighted by Gasteiger charge is -2.28. The first-order valence-corrected chi connectivity index (χ1v) is 7.24. The summed E-state index contributed by atoms with van der Waals surface area (Å²) < 4.78 is 1.52. The molecular formula is C14H23N3O2. The second-order valence-corrected chi connectivity index (χ2v) is 5.11. The van der Waals surface area contributed by atoms with Crippen LogP contribution in [0.2, 0.25) is 0 Å². The molecule has 5 heteroatoms. The smallest absolute Gasteiger partial charge is 0.268 e. The maximum absolute atomic E-state index is 12.0. The number of aromatic nitrogens is 2. The number of unbranched alkanes of at least 4 members (excludes halogenated alkanes) is 2. The Hall–Kier alpha value is -1.36. The normalized spacial score (nSPS) is 15.7. The summed E-state index contributed by atoms with van der Waals surface area (Å²) in [6, 6.07) is 1.70. The number of hydrogen-bond acceptors (Lipinski definition) is 4. The molecule has 2 heterocycles. The van der Waals surface area contributed by atoms with Crippen LogP contribution in [0.4, 0.5) is 5.69 Å². The summed E-state index contributed by atoms with van der Waals surface area (Å²) in [4.78, 5) is 14.2. The van der Waals surface area contributed by atoms with Gasteiger partial charge >= 0.3 is 0 Å². The van der Waals surface area contributed by atoms with Crippen LogP contribution in [0, 0.1) is 0 Å². The minimum atomic E-state index is -0.0212. The van der Waals surface area contributed by atoms with Gasteiger partial charge in [0.2, 0.25) is 0 Å². The molecule has 0 aliphatic carbocycles. The van der Waals surface area contributed by atoms with Gasteiger partial charge < -0.3 is 10.0 Å². The molecule has 0 atom stereocenters. The molecule has 2 rings (SSSR count). The van der Waals surface area contributed by atoms with Crippen LogP contribution in [0.3, 0.4) is 0 Å². The van der Waals surface area contributed by atoms with E-state index in [9.17, 15) is 4.79 Å². The van der Waals surface area contributed by atoms with Gasteiger partial charge in [0.05, 0.1) is 11.9 Å². The second-order valence-electron chi connectivity index (χ2n) is 5.11. The lowest BCUT2D eigenvalue weighted by molar-refractivity contribution is 0.281. The quantitative estimate of drug-likeness (QED) is 0.790. The predicted octanol–water partition coefficient (Wildman–Crippen LogP) is 1.40. The molecule has 1 N–H and O–H groups in total. The zero-order valence-corrected chi connectivity index (χ0v) is 11.4. The number of aryl methyl sites for hydroxylation is 1. The van der Waals surface area contributed by atoms with E-state index in [2.05, 4.69) is 10.00 Å². The van der Waals surface area contributed by atoms with Crippen molar-refractivity contribution >= 4 is 5.69 Å². The Morgan fingerprint density at radius 1 is 1.16 bits per heavy atom. The molecule has 1 aliphatic rings. The number of nitrogens with zero attached hydrogens (tertiary/aromatic N) is 3. The van der Waals surface area contributed by atoms with Crippen molar-refractivity contribution in [1.82, 2.24) is 9.78 Å². The van der Waals surface area contributed by atoms with Crippen molar-refractivity contribution in [2.24, 2.45) is 0 Å². The van der Waals surface area contributed by atoms with Crippen LogP contribution < -0.4 is 10.5 Å². The standard InChI is InChI=1S/C14H23N3O2/c18-10-6-2-5-9-17-14(19)11-13(12-15-17)16-7-3-1-4-8-16/h11-12,18H,1-10H2. The maximum Gasteiger partial charge on any atom is 0.268 e. The molecule has 1 aromatic heterocycles. The predicted molar refractivity (Wildman–Crippen MR) is 75.5 cm³/mol. The molecule has 1 fully saturated rings. The summed E-state index contributed by atoms with van der Waals surface area (Å²) in [5.41, 5.74) is 0.934. The molecule has 1 aliphatic heterocycles. The Morgan fingerprint density at radius 2 is 1.95 bits per heavy atom. The van der Waals surface area contributed by atoms with Gasteiger partial charge in [-0.25, -0.2) is 4.68 Å². The minimum absolute atomic E-state index is 0.0212. The first-order chi connectivity index (χ1) is 9.31. The molecule has 0 radical (unpaired) electrons. The Bertz CT molecular complexity index is 439. The Kier molecular flexibility index (Phi) is 5.39. The van der Waals surface area contributed by atoms with E-state index < -0.39 is 0 Å². The second kappa shape index (κ2) is 7.28. The van der Waals surface area contributed by atoms with Gasteiger partial charge in [0.1, 0.15) is 0 Å². The number of rotatable bonds is 6. The number of hydrogen-bond donors (Lipinski definition) is 1. The molecule has 5 nitrogen and oxygen atoms in total. The molecule has 0 unspecified atom stereocenters. The van der Waals surface area contributed by atoms with E-state index >= 15 is 0 Å². The number of piperidine rings is 1. The van der Waals surface area contributed by atoms with Gasteiger partial charge in [0.15, 0.2) is 0 Å². The monoisotopic (exact) mass is 265 g/mol. The van der Waals surface area contributed by atoms with Crippen molar-refractivity contribution in [3.8, 4) is 0 Å². The van der Waals surface area contributed by atoms with Gasteiger partial charge in [-0.05, 0) is 38.5 Å². The molecule has 0 amide bonds. The Labute approximate surface area is 113 Å². The highest BCUT2D eigenvalue weighted by Crippen LogP contribution is 2.16.